The van der Waals surface area contributed by atoms with E-state index in [1.54, 1.807) is 0 Å². The van der Waals surface area contributed by atoms with Crippen LogP contribution in [-0.2, 0) is 9.05 Å². The third-order valence-electron chi connectivity index (χ3n) is 2.49. The molecule has 0 fully saturated rings. The first-order valence-corrected chi connectivity index (χ1v) is 9.02. The van der Waals surface area contributed by atoms with E-state index >= 15 is 0 Å². The Morgan fingerprint density at radius 2 is 1.67 bits per heavy atom. The topological polar surface area (TPSA) is 38.7 Å². The Balaban J connectivity index is 3.15. The molecular formula is C13H26BrO3P. The fraction of sp³-hybridized carbons (Fsp3) is 0.846. The summed E-state index contributed by atoms with van der Waals surface area (Å²) in [5, 5.41) is 0.804. The van der Waals surface area contributed by atoms with Crippen molar-refractivity contribution in [2.45, 2.75) is 51.9 Å². The van der Waals surface area contributed by atoms with Gasteiger partial charge in [0.15, 0.2) is 0 Å². The van der Waals surface area contributed by atoms with Gasteiger partial charge < -0.3 is 13.9 Å². The zero-order chi connectivity index (χ0) is 13.5. The molecule has 0 aromatic carbocycles. The predicted molar refractivity (Wildman–Crippen MR) is 82.0 cm³/mol. The van der Waals surface area contributed by atoms with E-state index in [1.807, 2.05) is 12.2 Å². The second-order valence-corrected chi connectivity index (χ2v) is 5.75. The van der Waals surface area contributed by atoms with Crippen LogP contribution in [0.3, 0.4) is 0 Å². The first kappa shape index (κ1) is 18.5. The Morgan fingerprint density at radius 3 is 2.33 bits per heavy atom. The Labute approximate surface area is 121 Å². The molecule has 0 radical (unpaired) electrons. The summed E-state index contributed by atoms with van der Waals surface area (Å²) in [6, 6.07) is 0. The fourth-order valence-corrected chi connectivity index (χ4v) is 2.31. The van der Waals surface area contributed by atoms with E-state index in [1.165, 1.54) is 38.5 Å². The second-order valence-electron chi connectivity index (χ2n) is 4.11. The normalized spacial score (nSPS) is 13.3. The SMILES string of the molecule is CCCCCCCCCOP(O)OC/C=C/CBr. The van der Waals surface area contributed by atoms with Gasteiger partial charge in [0.05, 0.1) is 13.2 Å². The van der Waals surface area contributed by atoms with E-state index in [0.29, 0.717) is 13.2 Å². The van der Waals surface area contributed by atoms with Crippen molar-refractivity contribution in [2.24, 2.45) is 0 Å². The molecule has 0 bridgehead atoms. The van der Waals surface area contributed by atoms with Crippen LogP contribution in [-0.4, -0.2) is 23.4 Å². The fourth-order valence-electron chi connectivity index (χ4n) is 1.48. The van der Waals surface area contributed by atoms with Gasteiger partial charge in [0.2, 0.25) is 0 Å². The predicted octanol–water partition coefficient (Wildman–Crippen LogP) is 4.94. The van der Waals surface area contributed by atoms with Crippen molar-refractivity contribution in [3.8, 4) is 0 Å². The van der Waals surface area contributed by atoms with Gasteiger partial charge in [-0.3, -0.25) is 0 Å². The lowest BCUT2D eigenvalue weighted by atomic mass is 10.1. The largest absolute Gasteiger partial charge is 0.330 e. The highest BCUT2D eigenvalue weighted by molar-refractivity contribution is 9.09. The van der Waals surface area contributed by atoms with Gasteiger partial charge in [-0.1, -0.05) is 73.5 Å². The molecule has 0 saturated carbocycles. The van der Waals surface area contributed by atoms with E-state index in [0.717, 1.165) is 11.8 Å². The van der Waals surface area contributed by atoms with Gasteiger partial charge in [0.25, 0.3) is 0 Å². The molecule has 0 aliphatic carbocycles. The van der Waals surface area contributed by atoms with Gasteiger partial charge >= 0.3 is 8.60 Å². The zero-order valence-corrected chi connectivity index (χ0v) is 13.8. The second kappa shape index (κ2) is 15.6. The summed E-state index contributed by atoms with van der Waals surface area (Å²) in [7, 11) is -1.69. The molecule has 5 heteroatoms. The lowest BCUT2D eigenvalue weighted by Gasteiger charge is -2.09. The number of allylic oxidation sites excluding steroid dienone is 1. The number of unbranched alkanes of at least 4 members (excludes halogenated alkanes) is 6. The molecule has 0 rings (SSSR count). The molecule has 18 heavy (non-hydrogen) atoms. The first-order valence-electron chi connectivity index (χ1n) is 6.77. The minimum atomic E-state index is -1.69. The number of halogens is 1. The molecule has 0 heterocycles. The van der Waals surface area contributed by atoms with Gasteiger partial charge in [0, 0.05) is 5.33 Å². The molecule has 0 aliphatic heterocycles. The number of hydrogen-bond acceptors (Lipinski definition) is 3. The zero-order valence-electron chi connectivity index (χ0n) is 11.3. The lowest BCUT2D eigenvalue weighted by molar-refractivity contribution is 0.210. The van der Waals surface area contributed by atoms with Crippen molar-refractivity contribution in [3.63, 3.8) is 0 Å². The van der Waals surface area contributed by atoms with Gasteiger partial charge in [-0.15, -0.1) is 0 Å². The van der Waals surface area contributed by atoms with Crippen molar-refractivity contribution in [1.29, 1.82) is 0 Å². The van der Waals surface area contributed by atoms with Crippen molar-refractivity contribution < 1.29 is 13.9 Å². The number of rotatable bonds is 13. The maximum atomic E-state index is 9.40. The minimum absolute atomic E-state index is 0.408. The third kappa shape index (κ3) is 14.6. The van der Waals surface area contributed by atoms with E-state index in [2.05, 4.69) is 22.9 Å². The number of hydrogen-bond donors (Lipinski definition) is 1. The van der Waals surface area contributed by atoms with Crippen molar-refractivity contribution >= 4 is 24.5 Å². The molecule has 108 valence electrons. The summed E-state index contributed by atoms with van der Waals surface area (Å²) in [5.41, 5.74) is 0. The quantitative estimate of drug-likeness (QED) is 0.223. The Hall–Kier alpha value is 0.530. The average molecular weight is 341 g/mol. The van der Waals surface area contributed by atoms with Crippen LogP contribution in [0.1, 0.15) is 51.9 Å². The van der Waals surface area contributed by atoms with Crippen LogP contribution in [0, 0.1) is 0 Å². The highest BCUT2D eigenvalue weighted by atomic mass is 79.9. The Morgan fingerprint density at radius 1 is 1.00 bits per heavy atom. The maximum Gasteiger partial charge on any atom is 0.330 e. The molecule has 0 aliphatic rings. The van der Waals surface area contributed by atoms with Crippen LogP contribution in [0.15, 0.2) is 12.2 Å². The number of alkyl halides is 1. The van der Waals surface area contributed by atoms with E-state index in [4.69, 9.17) is 9.05 Å². The molecule has 3 nitrogen and oxygen atoms in total. The molecule has 0 aromatic rings. The van der Waals surface area contributed by atoms with E-state index in [-0.39, 0.29) is 0 Å². The highest BCUT2D eigenvalue weighted by Gasteiger charge is 2.04. The minimum Gasteiger partial charge on any atom is -0.328 e. The van der Waals surface area contributed by atoms with Gasteiger partial charge in [-0.25, -0.2) is 0 Å². The summed E-state index contributed by atoms with van der Waals surface area (Å²) in [5.74, 6) is 0. The van der Waals surface area contributed by atoms with Crippen LogP contribution < -0.4 is 0 Å². The monoisotopic (exact) mass is 340 g/mol. The van der Waals surface area contributed by atoms with Crippen LogP contribution in [0.2, 0.25) is 0 Å². The molecule has 0 spiro atoms. The van der Waals surface area contributed by atoms with E-state index in [9.17, 15) is 4.89 Å². The summed E-state index contributed by atoms with van der Waals surface area (Å²) in [6.07, 6.45) is 12.5. The average Bonchev–Trinajstić information content (AvgIpc) is 2.38. The van der Waals surface area contributed by atoms with Crippen LogP contribution >= 0.6 is 24.5 Å². The molecule has 0 saturated heterocycles. The summed E-state index contributed by atoms with van der Waals surface area (Å²) in [6.45, 7) is 3.23. The standard InChI is InChI=1S/C13H26BrO3P/c1-2-3-4-5-6-7-9-12-16-18(15)17-13-10-8-11-14/h8,10,15H,2-7,9,11-13H2,1H3/b10-8+. The van der Waals surface area contributed by atoms with Crippen molar-refractivity contribution in [1.82, 2.24) is 0 Å². The van der Waals surface area contributed by atoms with Crippen molar-refractivity contribution in [3.05, 3.63) is 12.2 Å². The Kier molecular flexibility index (Phi) is 16.0. The molecule has 0 aromatic heterocycles. The van der Waals surface area contributed by atoms with Crippen LogP contribution in [0.25, 0.3) is 0 Å². The summed E-state index contributed by atoms with van der Waals surface area (Å²) >= 11 is 3.27. The van der Waals surface area contributed by atoms with Gasteiger partial charge in [-0.05, 0) is 6.42 Å². The van der Waals surface area contributed by atoms with Crippen molar-refractivity contribution in [2.75, 3.05) is 18.5 Å². The molecule has 0 amide bonds. The molecule has 1 atom stereocenters. The first-order chi connectivity index (χ1) is 8.81. The summed E-state index contributed by atoms with van der Waals surface area (Å²) in [4.78, 5) is 9.40. The Bertz CT molecular complexity index is 191. The lowest BCUT2D eigenvalue weighted by Crippen LogP contribution is -1.93. The van der Waals surface area contributed by atoms with Gasteiger partial charge in [-0.2, -0.15) is 0 Å². The smallest absolute Gasteiger partial charge is 0.328 e. The summed E-state index contributed by atoms with van der Waals surface area (Å²) < 4.78 is 10.3. The molecule has 1 unspecified atom stereocenters. The van der Waals surface area contributed by atoms with Gasteiger partial charge in [0.1, 0.15) is 0 Å². The maximum absolute atomic E-state index is 9.40. The van der Waals surface area contributed by atoms with Crippen LogP contribution in [0.5, 0.6) is 0 Å². The highest BCUT2D eigenvalue weighted by Crippen LogP contribution is 2.32. The molecular weight excluding hydrogens is 315 g/mol. The van der Waals surface area contributed by atoms with Crippen LogP contribution in [0.4, 0.5) is 0 Å². The third-order valence-corrected chi connectivity index (χ3v) is 3.63. The molecule has 1 N–H and O–H groups in total. The van der Waals surface area contributed by atoms with E-state index < -0.39 is 8.60 Å².